The number of hydrogen-bond donors (Lipinski definition) is 4. The lowest BCUT2D eigenvalue weighted by Gasteiger charge is -2.14. The van der Waals surface area contributed by atoms with Crippen molar-refractivity contribution in [3.63, 3.8) is 0 Å². The van der Waals surface area contributed by atoms with E-state index in [1.165, 1.54) is 51.0 Å². The molecule has 0 aliphatic carbocycles. The van der Waals surface area contributed by atoms with Crippen LogP contribution in [0.3, 0.4) is 0 Å². The number of aryl methyl sites for hydroxylation is 1. The fourth-order valence-corrected chi connectivity index (χ4v) is 2.91. The number of carboxylic acid groups (broad SMARTS) is 1. The number of nitrogens with two attached hydrogens (primary N) is 1. The van der Waals surface area contributed by atoms with Crippen molar-refractivity contribution in [1.82, 2.24) is 10.6 Å². The maximum absolute atomic E-state index is 12.1. The number of hydrogen-bond acceptors (Lipinski definition) is 4. The molecule has 1 rings (SSSR count). The molecule has 7 heteroatoms. The van der Waals surface area contributed by atoms with E-state index in [4.69, 9.17) is 10.8 Å². The van der Waals surface area contributed by atoms with E-state index < -0.39 is 29.9 Å². The van der Waals surface area contributed by atoms with Crippen LogP contribution in [-0.4, -0.2) is 35.0 Å². The van der Waals surface area contributed by atoms with E-state index in [9.17, 15) is 14.4 Å². The van der Waals surface area contributed by atoms with Gasteiger partial charge in [-0.25, -0.2) is 0 Å². The Morgan fingerprint density at radius 1 is 1.00 bits per heavy atom. The van der Waals surface area contributed by atoms with Crippen LogP contribution in [0.25, 0.3) is 0 Å². The van der Waals surface area contributed by atoms with Crippen molar-refractivity contribution < 1.29 is 19.5 Å². The Kier molecular flexibility index (Phi) is 11.6. The van der Waals surface area contributed by atoms with E-state index in [0.717, 1.165) is 12.0 Å². The van der Waals surface area contributed by atoms with E-state index in [-0.39, 0.29) is 6.42 Å². The van der Waals surface area contributed by atoms with Gasteiger partial charge in [-0.2, -0.15) is 0 Å². The minimum atomic E-state index is -1.14. The first-order chi connectivity index (χ1) is 13.8. The van der Waals surface area contributed by atoms with E-state index >= 15 is 0 Å². The SMILES string of the molecule is CCCCCCCCc1ccc(CNC(=O)[C@@H](N)CC(=O)N[C@@H](C)C(=O)O)cc1. The lowest BCUT2D eigenvalue weighted by atomic mass is 10.0. The van der Waals surface area contributed by atoms with Crippen molar-refractivity contribution in [2.24, 2.45) is 5.73 Å². The molecule has 0 bridgehead atoms. The lowest BCUT2D eigenvalue weighted by Crippen LogP contribution is -2.46. The number of rotatable bonds is 14. The van der Waals surface area contributed by atoms with Crippen LogP contribution >= 0.6 is 0 Å². The zero-order valence-electron chi connectivity index (χ0n) is 17.6. The molecular formula is C22H35N3O4. The van der Waals surface area contributed by atoms with Crippen molar-refractivity contribution in [1.29, 1.82) is 0 Å². The van der Waals surface area contributed by atoms with Gasteiger partial charge in [-0.05, 0) is 30.9 Å². The molecule has 0 radical (unpaired) electrons. The standard InChI is InChI=1S/C22H35N3O4/c1-3-4-5-6-7-8-9-17-10-12-18(13-11-17)15-24-21(27)19(23)14-20(26)25-16(2)22(28)29/h10-13,16,19H,3-9,14-15,23H2,1-2H3,(H,24,27)(H,25,26)(H,28,29)/t16-,19-/m0/s1. The van der Waals surface area contributed by atoms with Gasteiger partial charge in [0, 0.05) is 6.54 Å². The van der Waals surface area contributed by atoms with Crippen LogP contribution in [0.5, 0.6) is 0 Å². The number of unbranched alkanes of at least 4 members (excludes halogenated alkanes) is 5. The van der Waals surface area contributed by atoms with Crippen molar-refractivity contribution in [2.45, 2.75) is 83.8 Å². The third-order valence-electron chi connectivity index (χ3n) is 4.80. The van der Waals surface area contributed by atoms with Gasteiger partial charge in [-0.15, -0.1) is 0 Å². The van der Waals surface area contributed by atoms with Crippen molar-refractivity contribution in [3.05, 3.63) is 35.4 Å². The lowest BCUT2D eigenvalue weighted by molar-refractivity contribution is -0.141. The Labute approximate surface area is 173 Å². The van der Waals surface area contributed by atoms with Gasteiger partial charge in [0.05, 0.1) is 12.5 Å². The van der Waals surface area contributed by atoms with Crippen LogP contribution in [0.1, 0.15) is 69.9 Å². The van der Waals surface area contributed by atoms with Gasteiger partial charge < -0.3 is 21.5 Å². The van der Waals surface area contributed by atoms with E-state index in [1.54, 1.807) is 0 Å². The highest BCUT2D eigenvalue weighted by molar-refractivity contribution is 5.89. The van der Waals surface area contributed by atoms with Crippen LogP contribution in [0, 0.1) is 0 Å². The van der Waals surface area contributed by atoms with Gasteiger partial charge in [0.2, 0.25) is 11.8 Å². The second-order valence-electron chi connectivity index (χ2n) is 7.49. The molecule has 0 fully saturated rings. The third kappa shape index (κ3) is 10.6. The molecular weight excluding hydrogens is 370 g/mol. The first kappa shape index (κ1) is 24.6. The maximum atomic E-state index is 12.1. The summed E-state index contributed by atoms with van der Waals surface area (Å²) in [6.45, 7) is 3.90. The summed E-state index contributed by atoms with van der Waals surface area (Å²) in [7, 11) is 0. The monoisotopic (exact) mass is 405 g/mol. The molecule has 0 saturated carbocycles. The minimum Gasteiger partial charge on any atom is -0.480 e. The predicted octanol–water partition coefficient (Wildman–Crippen LogP) is 2.51. The summed E-state index contributed by atoms with van der Waals surface area (Å²) in [5, 5.41) is 13.8. The molecule has 1 aromatic rings. The molecule has 0 spiro atoms. The van der Waals surface area contributed by atoms with Crippen molar-refractivity contribution in [3.8, 4) is 0 Å². The molecule has 0 heterocycles. The molecule has 0 aliphatic heterocycles. The van der Waals surface area contributed by atoms with Crippen molar-refractivity contribution in [2.75, 3.05) is 0 Å². The topological polar surface area (TPSA) is 122 Å². The Bertz CT molecular complexity index is 646. The average Bonchev–Trinajstić information content (AvgIpc) is 2.69. The average molecular weight is 406 g/mol. The minimum absolute atomic E-state index is 0.263. The quantitative estimate of drug-likeness (QED) is 0.354. The Balaban J connectivity index is 2.30. The summed E-state index contributed by atoms with van der Waals surface area (Å²) in [5.41, 5.74) is 7.98. The highest BCUT2D eigenvalue weighted by Gasteiger charge is 2.20. The number of aliphatic carboxylic acids is 1. The molecule has 1 aromatic carbocycles. The molecule has 162 valence electrons. The molecule has 5 N–H and O–H groups in total. The summed E-state index contributed by atoms with van der Waals surface area (Å²) >= 11 is 0. The van der Waals surface area contributed by atoms with Gasteiger partial charge in [0.25, 0.3) is 0 Å². The van der Waals surface area contributed by atoms with Crippen LogP contribution in [0.2, 0.25) is 0 Å². The zero-order valence-corrected chi connectivity index (χ0v) is 17.6. The van der Waals surface area contributed by atoms with Crippen LogP contribution in [0.15, 0.2) is 24.3 Å². The first-order valence-corrected chi connectivity index (χ1v) is 10.5. The Morgan fingerprint density at radius 3 is 2.21 bits per heavy atom. The number of amides is 2. The summed E-state index contributed by atoms with van der Waals surface area (Å²) in [5.74, 6) is -2.16. The molecule has 2 amide bonds. The number of nitrogens with one attached hydrogen (secondary N) is 2. The third-order valence-corrected chi connectivity index (χ3v) is 4.80. The first-order valence-electron chi connectivity index (χ1n) is 10.5. The molecule has 7 nitrogen and oxygen atoms in total. The highest BCUT2D eigenvalue weighted by atomic mass is 16.4. The highest BCUT2D eigenvalue weighted by Crippen LogP contribution is 2.11. The smallest absolute Gasteiger partial charge is 0.325 e. The predicted molar refractivity (Wildman–Crippen MR) is 113 cm³/mol. The number of carbonyl (C=O) groups is 3. The molecule has 0 aromatic heterocycles. The molecule has 0 unspecified atom stereocenters. The number of carbonyl (C=O) groups excluding carboxylic acids is 2. The van der Waals surface area contributed by atoms with Gasteiger partial charge in [-0.3, -0.25) is 14.4 Å². The van der Waals surface area contributed by atoms with Crippen LogP contribution < -0.4 is 16.4 Å². The van der Waals surface area contributed by atoms with Crippen LogP contribution in [-0.2, 0) is 27.3 Å². The number of carboxylic acids is 1. The van der Waals surface area contributed by atoms with Gasteiger partial charge in [0.15, 0.2) is 0 Å². The molecule has 29 heavy (non-hydrogen) atoms. The molecule has 2 atom stereocenters. The summed E-state index contributed by atoms with van der Waals surface area (Å²) < 4.78 is 0. The van der Waals surface area contributed by atoms with E-state index in [2.05, 4.69) is 29.7 Å². The number of benzene rings is 1. The second-order valence-corrected chi connectivity index (χ2v) is 7.49. The van der Waals surface area contributed by atoms with Crippen molar-refractivity contribution >= 4 is 17.8 Å². The summed E-state index contributed by atoms with van der Waals surface area (Å²) in [6.07, 6.45) is 8.44. The normalized spacial score (nSPS) is 12.8. The fraction of sp³-hybridized carbons (Fsp3) is 0.591. The molecule has 0 saturated heterocycles. The van der Waals surface area contributed by atoms with Gasteiger partial charge in [0.1, 0.15) is 6.04 Å². The zero-order chi connectivity index (χ0) is 21.6. The Morgan fingerprint density at radius 2 is 1.59 bits per heavy atom. The van der Waals surface area contributed by atoms with E-state index in [1.807, 2.05) is 12.1 Å². The summed E-state index contributed by atoms with van der Waals surface area (Å²) in [6, 6.07) is 6.08. The largest absolute Gasteiger partial charge is 0.480 e. The summed E-state index contributed by atoms with van der Waals surface area (Å²) in [4.78, 5) is 34.5. The van der Waals surface area contributed by atoms with Gasteiger partial charge in [-0.1, -0.05) is 63.3 Å². The molecule has 0 aliphatic rings. The Hall–Kier alpha value is -2.41. The van der Waals surface area contributed by atoms with Gasteiger partial charge >= 0.3 is 5.97 Å². The van der Waals surface area contributed by atoms with Crippen LogP contribution in [0.4, 0.5) is 0 Å². The maximum Gasteiger partial charge on any atom is 0.325 e. The van der Waals surface area contributed by atoms with E-state index in [0.29, 0.717) is 6.54 Å². The fourth-order valence-electron chi connectivity index (χ4n) is 2.91. The second kappa shape index (κ2) is 13.7.